The molecule has 0 bridgehead atoms. The Hall–Kier alpha value is -2.15. The molecule has 1 aromatic carbocycles. The number of hydrogen-bond donors (Lipinski definition) is 2. The summed E-state index contributed by atoms with van der Waals surface area (Å²) in [5.74, 6) is -1.80. The van der Waals surface area contributed by atoms with Crippen molar-refractivity contribution in [1.29, 1.82) is 0 Å². The normalized spacial score (nSPS) is 13.3. The molecule has 114 valence electrons. The molecule has 1 atom stereocenters. The van der Waals surface area contributed by atoms with Crippen molar-refractivity contribution in [3.8, 4) is 0 Å². The van der Waals surface area contributed by atoms with Crippen LogP contribution >= 0.6 is 11.6 Å². The van der Waals surface area contributed by atoms with Crippen LogP contribution in [0.1, 0.15) is 37.0 Å². The summed E-state index contributed by atoms with van der Waals surface area (Å²) in [5.41, 5.74) is -1.66. The van der Waals surface area contributed by atoms with Gasteiger partial charge in [-0.25, -0.2) is 4.79 Å². The maximum absolute atomic E-state index is 12.1. The number of halogens is 1. The monoisotopic (exact) mass is 314 g/mol. The van der Waals surface area contributed by atoms with Crippen LogP contribution in [0, 0.1) is 10.1 Å². The predicted molar refractivity (Wildman–Crippen MR) is 76.5 cm³/mol. The number of amides is 1. The maximum Gasteiger partial charge on any atom is 0.329 e. The van der Waals surface area contributed by atoms with E-state index < -0.39 is 22.3 Å². The first-order valence-corrected chi connectivity index (χ1v) is 6.59. The van der Waals surface area contributed by atoms with Crippen molar-refractivity contribution in [2.24, 2.45) is 0 Å². The van der Waals surface area contributed by atoms with E-state index in [0.29, 0.717) is 6.42 Å². The number of hydrogen-bond acceptors (Lipinski definition) is 4. The Morgan fingerprint density at radius 2 is 2.10 bits per heavy atom. The minimum absolute atomic E-state index is 0.0641. The first-order valence-electron chi connectivity index (χ1n) is 6.21. The van der Waals surface area contributed by atoms with Crippen LogP contribution in [0.25, 0.3) is 0 Å². The van der Waals surface area contributed by atoms with Gasteiger partial charge in [-0.15, -0.1) is 0 Å². The third-order valence-electron chi connectivity index (χ3n) is 3.02. The number of carboxylic acids is 1. The topological polar surface area (TPSA) is 110 Å². The summed E-state index contributed by atoms with van der Waals surface area (Å²) in [4.78, 5) is 33.3. The van der Waals surface area contributed by atoms with Crippen molar-refractivity contribution in [2.45, 2.75) is 32.2 Å². The Balaban J connectivity index is 3.01. The number of carbonyl (C=O) groups excluding carboxylic acids is 1. The molecule has 1 aromatic rings. The molecule has 0 saturated carbocycles. The fourth-order valence-electron chi connectivity index (χ4n) is 1.84. The molecule has 0 radical (unpaired) electrons. The lowest BCUT2D eigenvalue weighted by molar-refractivity contribution is -0.384. The molecule has 0 aliphatic rings. The van der Waals surface area contributed by atoms with Crippen LogP contribution in [0.15, 0.2) is 18.2 Å². The van der Waals surface area contributed by atoms with Gasteiger partial charge >= 0.3 is 5.97 Å². The summed E-state index contributed by atoms with van der Waals surface area (Å²) >= 11 is 5.73. The molecule has 7 nitrogen and oxygen atoms in total. The Morgan fingerprint density at radius 3 is 2.52 bits per heavy atom. The van der Waals surface area contributed by atoms with Crippen molar-refractivity contribution < 1.29 is 19.6 Å². The van der Waals surface area contributed by atoms with Crippen molar-refractivity contribution in [3.63, 3.8) is 0 Å². The summed E-state index contributed by atoms with van der Waals surface area (Å²) in [6.45, 7) is 3.21. The van der Waals surface area contributed by atoms with Crippen LogP contribution in [0.4, 0.5) is 5.69 Å². The summed E-state index contributed by atoms with van der Waals surface area (Å²) in [6.07, 6.45) is 0.832. The van der Waals surface area contributed by atoms with Crippen LogP contribution in [-0.2, 0) is 4.79 Å². The van der Waals surface area contributed by atoms with Gasteiger partial charge in [-0.05, 0) is 25.5 Å². The van der Waals surface area contributed by atoms with Crippen LogP contribution in [-0.4, -0.2) is 27.4 Å². The van der Waals surface area contributed by atoms with Crippen LogP contribution in [0.3, 0.4) is 0 Å². The molecule has 21 heavy (non-hydrogen) atoms. The number of nitrogens with zero attached hydrogens (tertiary/aromatic N) is 1. The number of benzene rings is 1. The van der Waals surface area contributed by atoms with Gasteiger partial charge in [0.2, 0.25) is 0 Å². The molecule has 2 N–H and O–H groups in total. The molecule has 0 fully saturated rings. The Bertz CT molecular complexity index is 590. The number of rotatable bonds is 6. The number of aliphatic carboxylic acids is 1. The Morgan fingerprint density at radius 1 is 1.48 bits per heavy atom. The van der Waals surface area contributed by atoms with Gasteiger partial charge in [0.05, 0.1) is 4.92 Å². The fraction of sp³-hybridized carbons (Fsp3) is 0.385. The third kappa shape index (κ3) is 3.91. The fourth-order valence-corrected chi connectivity index (χ4v) is 2.09. The summed E-state index contributed by atoms with van der Waals surface area (Å²) < 4.78 is 0. The number of carboxylic acid groups (broad SMARTS) is 1. The average molecular weight is 315 g/mol. The van der Waals surface area contributed by atoms with E-state index in [0.717, 1.165) is 12.1 Å². The first kappa shape index (κ1) is 16.9. The van der Waals surface area contributed by atoms with E-state index in [9.17, 15) is 24.8 Å². The summed E-state index contributed by atoms with van der Waals surface area (Å²) in [5, 5.41) is 22.1. The number of nitrogens with one attached hydrogen (secondary N) is 1. The van der Waals surface area contributed by atoms with Crippen molar-refractivity contribution in [1.82, 2.24) is 5.32 Å². The molecule has 0 spiro atoms. The van der Waals surface area contributed by atoms with Gasteiger partial charge in [-0.1, -0.05) is 24.9 Å². The smallest absolute Gasteiger partial charge is 0.329 e. The minimum atomic E-state index is -1.40. The molecule has 0 saturated heterocycles. The van der Waals surface area contributed by atoms with Crippen LogP contribution < -0.4 is 5.32 Å². The Kier molecular flexibility index (Phi) is 5.26. The van der Waals surface area contributed by atoms with Gasteiger partial charge in [0.15, 0.2) is 0 Å². The highest BCUT2D eigenvalue weighted by atomic mass is 35.5. The van der Waals surface area contributed by atoms with E-state index in [1.807, 2.05) is 0 Å². The number of carbonyl (C=O) groups is 2. The van der Waals surface area contributed by atoms with Crippen molar-refractivity contribution >= 4 is 29.2 Å². The molecular formula is C13H15ClN2O5. The number of nitro benzene ring substituents is 1. The molecule has 1 unspecified atom stereocenters. The molecule has 1 amide bonds. The lowest BCUT2D eigenvalue weighted by atomic mass is 9.95. The minimum Gasteiger partial charge on any atom is -0.480 e. The first-order chi connectivity index (χ1) is 9.71. The molecule has 1 rings (SSSR count). The Labute approximate surface area is 126 Å². The van der Waals surface area contributed by atoms with E-state index in [4.69, 9.17) is 11.6 Å². The lowest BCUT2D eigenvalue weighted by Gasteiger charge is -2.25. The molecule has 8 heteroatoms. The van der Waals surface area contributed by atoms with E-state index >= 15 is 0 Å². The zero-order valence-electron chi connectivity index (χ0n) is 11.6. The predicted octanol–water partition coefficient (Wildman–Crippen LogP) is 2.62. The van der Waals surface area contributed by atoms with E-state index in [1.54, 1.807) is 6.92 Å². The SMILES string of the molecule is CCCC(C)(NC(=O)c1ccc([N+](=O)[O-])c(Cl)c1)C(=O)O. The summed E-state index contributed by atoms with van der Waals surface area (Å²) in [7, 11) is 0. The lowest BCUT2D eigenvalue weighted by Crippen LogP contribution is -2.52. The summed E-state index contributed by atoms with van der Waals surface area (Å²) in [6, 6.07) is 3.48. The highest BCUT2D eigenvalue weighted by molar-refractivity contribution is 6.33. The number of nitro groups is 1. The second kappa shape index (κ2) is 6.53. The van der Waals surface area contributed by atoms with E-state index in [-0.39, 0.29) is 22.7 Å². The second-order valence-electron chi connectivity index (χ2n) is 4.76. The zero-order chi connectivity index (χ0) is 16.2. The van der Waals surface area contributed by atoms with Gasteiger partial charge in [0.1, 0.15) is 10.6 Å². The highest BCUT2D eigenvalue weighted by Gasteiger charge is 2.34. The largest absolute Gasteiger partial charge is 0.480 e. The second-order valence-corrected chi connectivity index (χ2v) is 5.17. The molecule has 0 aliphatic heterocycles. The molecule has 0 aromatic heterocycles. The van der Waals surface area contributed by atoms with Crippen LogP contribution in [0.5, 0.6) is 0 Å². The van der Waals surface area contributed by atoms with Gasteiger partial charge in [-0.2, -0.15) is 0 Å². The van der Waals surface area contributed by atoms with Crippen LogP contribution in [0.2, 0.25) is 5.02 Å². The van der Waals surface area contributed by atoms with Crippen molar-refractivity contribution in [3.05, 3.63) is 38.9 Å². The molecule has 0 aliphatic carbocycles. The molecule has 0 heterocycles. The third-order valence-corrected chi connectivity index (χ3v) is 3.32. The van der Waals surface area contributed by atoms with Gasteiger partial charge in [-0.3, -0.25) is 14.9 Å². The quantitative estimate of drug-likeness (QED) is 0.619. The highest BCUT2D eigenvalue weighted by Crippen LogP contribution is 2.25. The average Bonchev–Trinajstić information content (AvgIpc) is 2.38. The van der Waals surface area contributed by atoms with Gasteiger partial charge in [0.25, 0.3) is 11.6 Å². The van der Waals surface area contributed by atoms with E-state index in [2.05, 4.69) is 5.32 Å². The zero-order valence-corrected chi connectivity index (χ0v) is 12.3. The standard InChI is InChI=1S/C13H15ClN2O5/c1-3-6-13(2,12(18)19)15-11(17)8-4-5-10(16(20)21)9(14)7-8/h4-5,7H,3,6H2,1-2H3,(H,15,17)(H,18,19). The van der Waals surface area contributed by atoms with E-state index in [1.165, 1.54) is 13.0 Å². The van der Waals surface area contributed by atoms with Crippen molar-refractivity contribution in [2.75, 3.05) is 0 Å². The molecular weight excluding hydrogens is 300 g/mol. The maximum atomic E-state index is 12.1. The van der Waals surface area contributed by atoms with Gasteiger partial charge < -0.3 is 10.4 Å². The van der Waals surface area contributed by atoms with Gasteiger partial charge in [0, 0.05) is 11.6 Å².